The lowest BCUT2D eigenvalue weighted by Gasteiger charge is -2.10. The minimum atomic E-state index is -0.0773. The van der Waals surface area contributed by atoms with Gasteiger partial charge in [-0.2, -0.15) is 0 Å². The number of hydrogen-bond acceptors (Lipinski definition) is 3. The van der Waals surface area contributed by atoms with Crippen molar-refractivity contribution in [1.82, 2.24) is 5.32 Å². The van der Waals surface area contributed by atoms with Crippen molar-refractivity contribution in [3.05, 3.63) is 36.1 Å². The van der Waals surface area contributed by atoms with Crippen LogP contribution in [0.25, 0.3) is 11.0 Å². The van der Waals surface area contributed by atoms with Crippen molar-refractivity contribution in [2.24, 2.45) is 5.92 Å². The molecule has 3 rings (SSSR count). The predicted octanol–water partition coefficient (Wildman–Crippen LogP) is 2.68. The molecular weight excluding hydrogens is 226 g/mol. The van der Waals surface area contributed by atoms with E-state index in [4.69, 9.17) is 4.42 Å². The Morgan fingerprint density at radius 3 is 3.00 bits per heavy atom. The Labute approximate surface area is 107 Å². The second-order valence-electron chi connectivity index (χ2n) is 5.22. The first-order valence-electron chi connectivity index (χ1n) is 6.67. The smallest absolute Gasteiger partial charge is 0.134 e. The minimum Gasteiger partial charge on any atom is -0.464 e. The molecule has 0 bridgehead atoms. The van der Waals surface area contributed by atoms with Crippen LogP contribution < -0.4 is 5.32 Å². The zero-order chi connectivity index (χ0) is 12.4. The molecule has 2 atom stereocenters. The molecule has 0 radical (unpaired) electrons. The average Bonchev–Trinajstić information content (AvgIpc) is 2.97. The molecular formula is C15H19NO2. The molecule has 2 N–H and O–H groups in total. The Balaban J connectivity index is 1.57. The van der Waals surface area contributed by atoms with Gasteiger partial charge in [-0.25, -0.2) is 0 Å². The second-order valence-corrected chi connectivity index (χ2v) is 5.22. The quantitative estimate of drug-likeness (QED) is 0.870. The molecule has 0 spiro atoms. The largest absolute Gasteiger partial charge is 0.464 e. The first-order chi connectivity index (χ1) is 8.83. The van der Waals surface area contributed by atoms with E-state index in [0.717, 1.165) is 37.9 Å². The van der Waals surface area contributed by atoms with Crippen molar-refractivity contribution >= 4 is 11.0 Å². The van der Waals surface area contributed by atoms with Gasteiger partial charge in [0.05, 0.1) is 12.4 Å². The maximum Gasteiger partial charge on any atom is 0.134 e. The van der Waals surface area contributed by atoms with Gasteiger partial charge in [0.2, 0.25) is 0 Å². The summed E-state index contributed by atoms with van der Waals surface area (Å²) in [4.78, 5) is 0. The topological polar surface area (TPSA) is 45.4 Å². The Morgan fingerprint density at radius 2 is 2.17 bits per heavy atom. The monoisotopic (exact) mass is 245 g/mol. The number of rotatable bonds is 4. The maximum atomic E-state index is 9.48. The highest BCUT2D eigenvalue weighted by atomic mass is 16.3. The van der Waals surface area contributed by atoms with E-state index >= 15 is 0 Å². The Hall–Kier alpha value is -1.32. The van der Waals surface area contributed by atoms with Gasteiger partial charge in [0.15, 0.2) is 0 Å². The first kappa shape index (κ1) is 11.8. The first-order valence-corrected chi connectivity index (χ1v) is 6.67. The second kappa shape index (κ2) is 5.12. The third-order valence-corrected chi connectivity index (χ3v) is 3.82. The van der Waals surface area contributed by atoms with Crippen LogP contribution in [0.1, 0.15) is 24.8 Å². The molecule has 1 heterocycles. The fourth-order valence-corrected chi connectivity index (χ4v) is 2.81. The molecule has 18 heavy (non-hydrogen) atoms. The van der Waals surface area contributed by atoms with Gasteiger partial charge < -0.3 is 14.8 Å². The van der Waals surface area contributed by atoms with Crippen molar-refractivity contribution in [2.75, 3.05) is 6.54 Å². The van der Waals surface area contributed by atoms with E-state index in [0.29, 0.717) is 5.92 Å². The molecule has 1 saturated carbocycles. The lowest BCUT2D eigenvalue weighted by atomic mass is 10.1. The van der Waals surface area contributed by atoms with E-state index in [2.05, 4.69) is 11.4 Å². The highest BCUT2D eigenvalue weighted by Gasteiger charge is 2.22. The Morgan fingerprint density at radius 1 is 1.28 bits per heavy atom. The third kappa shape index (κ3) is 2.42. The van der Waals surface area contributed by atoms with Crippen LogP contribution in [0.2, 0.25) is 0 Å². The lowest BCUT2D eigenvalue weighted by Crippen LogP contribution is -2.21. The summed E-state index contributed by atoms with van der Waals surface area (Å²) < 4.78 is 5.51. The van der Waals surface area contributed by atoms with Gasteiger partial charge in [0.25, 0.3) is 0 Å². The number of aliphatic hydroxyl groups excluding tert-OH is 1. The Kier molecular flexibility index (Phi) is 3.35. The minimum absolute atomic E-state index is 0.0773. The maximum absolute atomic E-state index is 9.48. The molecule has 1 aliphatic rings. The fraction of sp³-hybridized carbons (Fsp3) is 0.467. The fourth-order valence-electron chi connectivity index (χ4n) is 2.81. The Bertz CT molecular complexity index is 520. The van der Waals surface area contributed by atoms with E-state index in [1.165, 1.54) is 10.9 Å². The van der Waals surface area contributed by atoms with Gasteiger partial charge in [-0.1, -0.05) is 18.2 Å². The lowest BCUT2D eigenvalue weighted by molar-refractivity contribution is 0.177. The molecule has 0 saturated heterocycles. The number of furan rings is 1. The number of fused-ring (bicyclic) bond motifs is 1. The van der Waals surface area contributed by atoms with Crippen LogP contribution in [0.5, 0.6) is 0 Å². The zero-order valence-corrected chi connectivity index (χ0v) is 10.4. The van der Waals surface area contributed by atoms with Gasteiger partial charge in [-0.05, 0) is 37.8 Å². The van der Waals surface area contributed by atoms with Crippen LogP contribution in [-0.2, 0) is 6.54 Å². The van der Waals surface area contributed by atoms with E-state index in [1.807, 2.05) is 24.5 Å². The predicted molar refractivity (Wildman–Crippen MR) is 71.3 cm³/mol. The third-order valence-electron chi connectivity index (χ3n) is 3.82. The summed E-state index contributed by atoms with van der Waals surface area (Å²) in [7, 11) is 0. The molecule has 1 aromatic heterocycles. The number of aliphatic hydroxyl groups is 1. The molecule has 1 aromatic carbocycles. The molecule has 3 nitrogen and oxygen atoms in total. The van der Waals surface area contributed by atoms with Crippen molar-refractivity contribution in [2.45, 2.75) is 31.9 Å². The summed E-state index contributed by atoms with van der Waals surface area (Å²) in [6.07, 6.45) is 4.80. The highest BCUT2D eigenvalue weighted by molar-refractivity contribution is 5.80. The molecule has 1 aliphatic carbocycles. The van der Waals surface area contributed by atoms with Crippen LogP contribution in [0.4, 0.5) is 0 Å². The number of hydrogen-bond donors (Lipinski definition) is 2. The summed E-state index contributed by atoms with van der Waals surface area (Å²) >= 11 is 0. The number of para-hydroxylation sites is 1. The van der Waals surface area contributed by atoms with Gasteiger partial charge in [-0.15, -0.1) is 0 Å². The summed E-state index contributed by atoms with van der Waals surface area (Å²) in [5, 5.41) is 14.1. The van der Waals surface area contributed by atoms with Crippen molar-refractivity contribution < 1.29 is 9.52 Å². The molecule has 1 fully saturated rings. The average molecular weight is 245 g/mol. The van der Waals surface area contributed by atoms with E-state index in [-0.39, 0.29) is 6.10 Å². The molecule has 3 heteroatoms. The van der Waals surface area contributed by atoms with Crippen LogP contribution in [0.15, 0.2) is 34.9 Å². The molecule has 96 valence electrons. The number of nitrogens with one attached hydrogen (secondary N) is 1. The SMILES string of the molecule is OC1CCC(CNCc2coc3ccccc23)C1. The van der Waals surface area contributed by atoms with Crippen LogP contribution >= 0.6 is 0 Å². The summed E-state index contributed by atoms with van der Waals surface area (Å²) in [6, 6.07) is 8.11. The van der Waals surface area contributed by atoms with Crippen molar-refractivity contribution in [3.8, 4) is 0 Å². The summed E-state index contributed by atoms with van der Waals surface area (Å²) in [5.74, 6) is 0.623. The normalized spacial score (nSPS) is 23.8. The standard InChI is InChI=1S/C15H19NO2/c17-13-6-5-11(7-13)8-16-9-12-10-18-15-4-2-1-3-14(12)15/h1-4,10-11,13,16-17H,5-9H2. The van der Waals surface area contributed by atoms with Crippen molar-refractivity contribution in [1.29, 1.82) is 0 Å². The van der Waals surface area contributed by atoms with Gasteiger partial charge in [0, 0.05) is 17.5 Å². The van der Waals surface area contributed by atoms with Gasteiger partial charge in [0.1, 0.15) is 5.58 Å². The van der Waals surface area contributed by atoms with E-state index in [1.54, 1.807) is 0 Å². The summed E-state index contributed by atoms with van der Waals surface area (Å²) in [5.41, 5.74) is 2.16. The van der Waals surface area contributed by atoms with Gasteiger partial charge in [-0.3, -0.25) is 0 Å². The van der Waals surface area contributed by atoms with Gasteiger partial charge >= 0.3 is 0 Å². The van der Waals surface area contributed by atoms with Crippen LogP contribution in [-0.4, -0.2) is 17.8 Å². The van der Waals surface area contributed by atoms with Crippen molar-refractivity contribution in [3.63, 3.8) is 0 Å². The molecule has 0 amide bonds. The number of benzene rings is 1. The highest BCUT2D eigenvalue weighted by Crippen LogP contribution is 2.25. The van der Waals surface area contributed by atoms with Crippen LogP contribution in [0.3, 0.4) is 0 Å². The molecule has 0 aliphatic heterocycles. The molecule has 2 aromatic rings. The van der Waals surface area contributed by atoms with Crippen LogP contribution in [0, 0.1) is 5.92 Å². The molecule has 2 unspecified atom stereocenters. The summed E-state index contributed by atoms with van der Waals surface area (Å²) in [6.45, 7) is 1.82. The van der Waals surface area contributed by atoms with E-state index < -0.39 is 0 Å². The zero-order valence-electron chi connectivity index (χ0n) is 10.4. The van der Waals surface area contributed by atoms with E-state index in [9.17, 15) is 5.11 Å².